The van der Waals surface area contributed by atoms with Gasteiger partial charge in [-0.2, -0.15) is 0 Å². The molecule has 0 saturated carbocycles. The van der Waals surface area contributed by atoms with Gasteiger partial charge in [0.05, 0.1) is 34.7 Å². The molecule has 0 aromatic carbocycles. The van der Waals surface area contributed by atoms with E-state index in [1.807, 2.05) is 37.0 Å². The van der Waals surface area contributed by atoms with Crippen LogP contribution in [0.15, 0.2) is 47.0 Å². The van der Waals surface area contributed by atoms with Crippen LogP contribution in [0.25, 0.3) is 0 Å². The normalized spacial score (nSPS) is 18.2. The molecule has 3 N–H and O–H groups in total. The van der Waals surface area contributed by atoms with E-state index in [1.54, 1.807) is 35.9 Å². The first-order valence-corrected chi connectivity index (χ1v) is 8.56. The highest BCUT2D eigenvalue weighted by atomic mass is 35.5. The molecule has 3 rings (SSSR count). The number of hydrazine groups is 2. The summed E-state index contributed by atoms with van der Waals surface area (Å²) in [7, 11) is 1.89. The highest BCUT2D eigenvalue weighted by molar-refractivity contribution is 6.31. The maximum absolute atomic E-state index is 11.7. The van der Waals surface area contributed by atoms with Crippen molar-refractivity contribution < 1.29 is 4.79 Å². The maximum Gasteiger partial charge on any atom is 0.266 e. The van der Waals surface area contributed by atoms with Gasteiger partial charge >= 0.3 is 0 Å². The zero-order valence-electron chi connectivity index (χ0n) is 15.0. The SMILES string of the molecule is CN1CC=C(C(N)=O)N1C1=CN=CN(NC(C)(C)c2ncccc2Cl)C1. The molecule has 138 valence electrons. The minimum absolute atomic E-state index is 0.447. The summed E-state index contributed by atoms with van der Waals surface area (Å²) in [5.74, 6) is -0.468. The Balaban J connectivity index is 1.76. The molecule has 1 aromatic heterocycles. The minimum Gasteiger partial charge on any atom is -0.364 e. The summed E-state index contributed by atoms with van der Waals surface area (Å²) < 4.78 is 0. The Morgan fingerprint density at radius 1 is 1.42 bits per heavy atom. The molecule has 26 heavy (non-hydrogen) atoms. The van der Waals surface area contributed by atoms with Crippen molar-refractivity contribution in [2.45, 2.75) is 19.4 Å². The van der Waals surface area contributed by atoms with E-state index in [9.17, 15) is 4.79 Å². The van der Waals surface area contributed by atoms with Gasteiger partial charge in [0.15, 0.2) is 0 Å². The van der Waals surface area contributed by atoms with Gasteiger partial charge in [-0.05, 0) is 32.1 Å². The van der Waals surface area contributed by atoms with E-state index in [2.05, 4.69) is 15.4 Å². The fourth-order valence-electron chi connectivity index (χ4n) is 3.05. The second kappa shape index (κ2) is 7.06. The number of nitrogens with two attached hydrogens (primary N) is 1. The van der Waals surface area contributed by atoms with Crippen LogP contribution in [-0.4, -0.2) is 52.4 Å². The number of hydrogen-bond donors (Lipinski definition) is 2. The third kappa shape index (κ3) is 3.57. The van der Waals surface area contributed by atoms with Crippen molar-refractivity contribution in [2.75, 3.05) is 20.1 Å². The van der Waals surface area contributed by atoms with Crippen molar-refractivity contribution in [2.24, 2.45) is 10.7 Å². The van der Waals surface area contributed by atoms with Crippen molar-refractivity contribution in [3.05, 3.63) is 52.7 Å². The van der Waals surface area contributed by atoms with Crippen molar-refractivity contribution in [1.82, 2.24) is 25.4 Å². The number of halogens is 1. The Morgan fingerprint density at radius 2 is 2.19 bits per heavy atom. The summed E-state index contributed by atoms with van der Waals surface area (Å²) in [6, 6.07) is 3.61. The zero-order chi connectivity index (χ0) is 18.9. The van der Waals surface area contributed by atoms with Crippen LogP contribution in [0, 0.1) is 0 Å². The number of pyridine rings is 1. The van der Waals surface area contributed by atoms with Crippen LogP contribution in [0.4, 0.5) is 0 Å². The number of nitrogens with one attached hydrogen (secondary N) is 1. The van der Waals surface area contributed by atoms with E-state index in [-0.39, 0.29) is 0 Å². The Labute approximate surface area is 157 Å². The quantitative estimate of drug-likeness (QED) is 0.803. The van der Waals surface area contributed by atoms with Gasteiger partial charge in [0, 0.05) is 19.8 Å². The average Bonchev–Trinajstić information content (AvgIpc) is 2.97. The van der Waals surface area contributed by atoms with Crippen molar-refractivity contribution in [3.63, 3.8) is 0 Å². The van der Waals surface area contributed by atoms with Gasteiger partial charge in [-0.15, -0.1) is 0 Å². The van der Waals surface area contributed by atoms with Gasteiger partial charge in [0.2, 0.25) is 0 Å². The summed E-state index contributed by atoms with van der Waals surface area (Å²) in [6.07, 6.45) is 6.92. The topological polar surface area (TPSA) is 90.1 Å². The number of carbonyl (C=O) groups excluding carboxylic acids is 1. The second-order valence-electron chi connectivity index (χ2n) is 6.69. The summed E-state index contributed by atoms with van der Waals surface area (Å²) in [6.45, 7) is 5.08. The molecular formula is C17H22ClN7O. The summed E-state index contributed by atoms with van der Waals surface area (Å²) >= 11 is 6.29. The summed E-state index contributed by atoms with van der Waals surface area (Å²) in [5.41, 5.74) is 10.4. The molecule has 0 atom stereocenters. The highest BCUT2D eigenvalue weighted by Crippen LogP contribution is 2.27. The highest BCUT2D eigenvalue weighted by Gasteiger charge is 2.31. The molecule has 0 fully saturated rings. The van der Waals surface area contributed by atoms with E-state index in [4.69, 9.17) is 17.3 Å². The Kier molecular flexibility index (Phi) is 4.99. The predicted molar refractivity (Wildman–Crippen MR) is 100 cm³/mol. The fourth-order valence-corrected chi connectivity index (χ4v) is 3.41. The molecule has 1 aromatic rings. The van der Waals surface area contributed by atoms with Crippen LogP contribution in [0.3, 0.4) is 0 Å². The number of rotatable bonds is 5. The summed E-state index contributed by atoms with van der Waals surface area (Å²) in [5, 5.41) is 6.12. The number of aliphatic imine (C=N–C) groups is 1. The number of aromatic nitrogens is 1. The van der Waals surface area contributed by atoms with E-state index >= 15 is 0 Å². The average molecular weight is 376 g/mol. The third-order valence-corrected chi connectivity index (χ3v) is 4.48. The lowest BCUT2D eigenvalue weighted by molar-refractivity contribution is -0.117. The van der Waals surface area contributed by atoms with Crippen LogP contribution in [0.1, 0.15) is 19.5 Å². The van der Waals surface area contributed by atoms with Gasteiger partial charge in [-0.1, -0.05) is 11.6 Å². The molecule has 1 amide bonds. The molecule has 9 heteroatoms. The number of amides is 1. The number of primary amides is 1. The molecule has 0 spiro atoms. The minimum atomic E-state index is -0.522. The first-order chi connectivity index (χ1) is 12.3. The molecule has 2 aliphatic rings. The van der Waals surface area contributed by atoms with Crippen LogP contribution >= 0.6 is 11.6 Å². The number of nitrogens with zero attached hydrogens (tertiary/aromatic N) is 5. The van der Waals surface area contributed by atoms with Crippen LogP contribution in [-0.2, 0) is 10.3 Å². The van der Waals surface area contributed by atoms with Crippen molar-refractivity contribution >= 4 is 23.8 Å². The predicted octanol–water partition coefficient (Wildman–Crippen LogP) is 1.19. The van der Waals surface area contributed by atoms with Crippen molar-refractivity contribution in [3.8, 4) is 0 Å². The second-order valence-corrected chi connectivity index (χ2v) is 7.10. The Bertz CT molecular complexity index is 802. The van der Waals surface area contributed by atoms with Gasteiger partial charge in [-0.25, -0.2) is 15.4 Å². The molecule has 0 radical (unpaired) electrons. The number of carbonyl (C=O) groups is 1. The third-order valence-electron chi connectivity index (χ3n) is 4.18. The van der Waals surface area contributed by atoms with E-state index in [0.29, 0.717) is 23.8 Å². The number of likely N-dealkylation sites (N-methyl/N-ethyl adjacent to an activating group) is 1. The summed E-state index contributed by atoms with van der Waals surface area (Å²) in [4.78, 5) is 20.4. The van der Waals surface area contributed by atoms with Crippen LogP contribution < -0.4 is 11.2 Å². The molecule has 2 aliphatic heterocycles. The van der Waals surface area contributed by atoms with Gasteiger partial charge < -0.3 is 5.73 Å². The largest absolute Gasteiger partial charge is 0.364 e. The lowest BCUT2D eigenvalue weighted by atomic mass is 10.0. The standard InChI is InChI=1S/C17H22ClN7O/c1-17(2,15-13(18)5-4-7-21-15)22-24-10-12(9-20-11-24)25-14(16(19)26)6-8-23(25)3/h4-7,9,11,22H,8,10H2,1-3H3,(H2,19,26). The lowest BCUT2D eigenvalue weighted by Gasteiger charge is -2.38. The molecule has 0 saturated heterocycles. The number of hydrogen-bond acceptors (Lipinski definition) is 7. The lowest BCUT2D eigenvalue weighted by Crippen LogP contribution is -2.52. The molecule has 0 aliphatic carbocycles. The van der Waals surface area contributed by atoms with Crippen LogP contribution in [0.5, 0.6) is 0 Å². The molecule has 0 unspecified atom stereocenters. The fraction of sp³-hybridized carbons (Fsp3) is 0.353. The smallest absolute Gasteiger partial charge is 0.266 e. The van der Waals surface area contributed by atoms with Gasteiger partial charge in [-0.3, -0.25) is 19.8 Å². The van der Waals surface area contributed by atoms with Crippen LogP contribution in [0.2, 0.25) is 5.02 Å². The molecule has 0 bridgehead atoms. The van der Waals surface area contributed by atoms with Gasteiger partial charge in [0.25, 0.3) is 5.91 Å². The molecular weight excluding hydrogens is 354 g/mol. The monoisotopic (exact) mass is 375 g/mol. The zero-order valence-corrected chi connectivity index (χ0v) is 15.7. The van der Waals surface area contributed by atoms with Gasteiger partial charge in [0.1, 0.15) is 12.0 Å². The maximum atomic E-state index is 11.7. The van der Waals surface area contributed by atoms with E-state index < -0.39 is 11.4 Å². The van der Waals surface area contributed by atoms with Crippen molar-refractivity contribution in [1.29, 1.82) is 0 Å². The molecule has 8 nitrogen and oxygen atoms in total. The Morgan fingerprint density at radius 3 is 2.88 bits per heavy atom. The van der Waals surface area contributed by atoms with E-state index in [0.717, 1.165) is 11.4 Å². The first-order valence-electron chi connectivity index (χ1n) is 8.18. The van der Waals surface area contributed by atoms with E-state index in [1.165, 1.54) is 0 Å². The Hall–Kier alpha value is -2.42. The molecule has 3 heterocycles. The first kappa shape index (κ1) is 18.4.